The first-order valence-corrected chi connectivity index (χ1v) is 7.78. The topological polar surface area (TPSA) is 57.0 Å². The Morgan fingerprint density at radius 1 is 1.00 bits per heavy atom. The van der Waals surface area contributed by atoms with Gasteiger partial charge in [0.2, 0.25) is 5.95 Å². The van der Waals surface area contributed by atoms with Gasteiger partial charge in [0, 0.05) is 23.2 Å². The Bertz CT molecular complexity index is 1040. The van der Waals surface area contributed by atoms with Crippen LogP contribution in [0.2, 0.25) is 0 Å². The molecule has 5 nitrogen and oxygen atoms in total. The first kappa shape index (κ1) is 14.4. The van der Waals surface area contributed by atoms with Crippen LogP contribution in [0.15, 0.2) is 60.9 Å². The van der Waals surface area contributed by atoms with E-state index in [0.717, 1.165) is 21.8 Å². The Labute approximate surface area is 138 Å². The molecule has 2 heterocycles. The summed E-state index contributed by atoms with van der Waals surface area (Å²) in [5.74, 6) is 0.184. The van der Waals surface area contributed by atoms with Gasteiger partial charge in [-0.15, -0.1) is 0 Å². The van der Waals surface area contributed by atoms with E-state index in [1.165, 1.54) is 0 Å². The summed E-state index contributed by atoms with van der Waals surface area (Å²) in [6, 6.07) is 15.4. The van der Waals surface area contributed by atoms with Crippen molar-refractivity contribution in [3.05, 3.63) is 66.5 Å². The lowest BCUT2D eigenvalue weighted by molar-refractivity contribution is 0.0528. The summed E-state index contributed by atoms with van der Waals surface area (Å²) in [5, 5.41) is 2.02. The predicted molar refractivity (Wildman–Crippen MR) is 92.3 cm³/mol. The summed E-state index contributed by atoms with van der Waals surface area (Å²) < 4.78 is 7.14. The minimum absolute atomic E-state index is 0.331. The van der Waals surface area contributed by atoms with Crippen molar-refractivity contribution in [2.24, 2.45) is 0 Å². The number of carbonyl (C=O) groups is 1. The van der Waals surface area contributed by atoms with E-state index in [2.05, 4.69) is 9.97 Å². The largest absolute Gasteiger partial charge is 0.462 e. The predicted octanol–water partition coefficient (Wildman–Crippen LogP) is 3.75. The number of para-hydroxylation sites is 2. The average Bonchev–Trinajstić information content (AvgIpc) is 2.97. The van der Waals surface area contributed by atoms with Crippen molar-refractivity contribution in [3.63, 3.8) is 0 Å². The van der Waals surface area contributed by atoms with E-state index in [9.17, 15) is 4.79 Å². The number of esters is 1. The molecular weight excluding hydrogens is 302 g/mol. The van der Waals surface area contributed by atoms with E-state index in [1.54, 1.807) is 31.5 Å². The van der Waals surface area contributed by atoms with Crippen LogP contribution >= 0.6 is 0 Å². The number of rotatable bonds is 3. The van der Waals surface area contributed by atoms with Crippen molar-refractivity contribution < 1.29 is 9.53 Å². The minimum Gasteiger partial charge on any atom is -0.462 e. The molecule has 0 amide bonds. The van der Waals surface area contributed by atoms with Gasteiger partial charge in [0.1, 0.15) is 0 Å². The molecule has 4 aromatic rings. The van der Waals surface area contributed by atoms with Gasteiger partial charge >= 0.3 is 5.97 Å². The van der Waals surface area contributed by atoms with Crippen molar-refractivity contribution in [2.45, 2.75) is 6.92 Å². The lowest BCUT2D eigenvalue weighted by Gasteiger charge is -2.08. The molecule has 0 atom stereocenters. The van der Waals surface area contributed by atoms with Crippen molar-refractivity contribution in [3.8, 4) is 5.95 Å². The summed E-state index contributed by atoms with van der Waals surface area (Å²) in [5.41, 5.74) is 2.23. The van der Waals surface area contributed by atoms with E-state index in [-0.39, 0.29) is 5.97 Å². The molecule has 24 heavy (non-hydrogen) atoms. The van der Waals surface area contributed by atoms with E-state index in [4.69, 9.17) is 4.74 Å². The highest BCUT2D eigenvalue weighted by molar-refractivity contribution is 6.15. The summed E-state index contributed by atoms with van der Waals surface area (Å²) in [7, 11) is 0. The summed E-state index contributed by atoms with van der Waals surface area (Å²) >= 11 is 0. The van der Waals surface area contributed by atoms with E-state index in [0.29, 0.717) is 18.1 Å². The highest BCUT2D eigenvalue weighted by Crippen LogP contribution is 2.33. The second kappa shape index (κ2) is 5.77. The van der Waals surface area contributed by atoms with Crippen molar-refractivity contribution >= 4 is 27.8 Å². The smallest absolute Gasteiger partial charge is 0.340 e. The molecule has 0 aliphatic rings. The second-order valence-corrected chi connectivity index (χ2v) is 5.32. The normalized spacial score (nSPS) is 11.0. The van der Waals surface area contributed by atoms with Gasteiger partial charge in [-0.2, -0.15) is 0 Å². The zero-order valence-corrected chi connectivity index (χ0v) is 13.1. The van der Waals surface area contributed by atoms with Gasteiger partial charge in [0.25, 0.3) is 0 Å². The zero-order chi connectivity index (χ0) is 16.5. The number of fused-ring (bicyclic) bond motifs is 3. The van der Waals surface area contributed by atoms with Crippen LogP contribution < -0.4 is 0 Å². The SMILES string of the molecule is CCOC(=O)c1cccc2c3ccccc3n(-c3ncccn3)c12. The standard InChI is InChI=1S/C19H15N3O2/c1-2-24-18(23)15-9-5-8-14-13-7-3-4-10-16(13)22(17(14)15)19-20-11-6-12-21-19/h3-12H,2H2,1H3. The molecule has 0 radical (unpaired) electrons. The Balaban J connectivity index is 2.16. The van der Waals surface area contributed by atoms with E-state index >= 15 is 0 Å². The molecule has 0 saturated heterocycles. The molecule has 2 aromatic carbocycles. The molecule has 0 aliphatic heterocycles. The monoisotopic (exact) mass is 317 g/mol. The maximum Gasteiger partial charge on any atom is 0.340 e. The van der Waals surface area contributed by atoms with E-state index in [1.807, 2.05) is 41.0 Å². The molecule has 2 aromatic heterocycles. The molecule has 0 fully saturated rings. The molecule has 0 N–H and O–H groups in total. The molecular formula is C19H15N3O2. The number of hydrogen-bond donors (Lipinski definition) is 0. The lowest BCUT2D eigenvalue weighted by Crippen LogP contribution is -2.08. The Morgan fingerprint density at radius 3 is 2.54 bits per heavy atom. The van der Waals surface area contributed by atoms with Crippen LogP contribution in [0.3, 0.4) is 0 Å². The quantitative estimate of drug-likeness (QED) is 0.540. The van der Waals surface area contributed by atoms with Crippen LogP contribution in [-0.4, -0.2) is 27.1 Å². The molecule has 0 unspecified atom stereocenters. The van der Waals surface area contributed by atoms with Crippen molar-refractivity contribution in [1.82, 2.24) is 14.5 Å². The first-order valence-electron chi connectivity index (χ1n) is 7.78. The molecule has 0 bridgehead atoms. The molecule has 0 saturated carbocycles. The van der Waals surface area contributed by atoms with Crippen LogP contribution in [0.5, 0.6) is 0 Å². The minimum atomic E-state index is -0.344. The van der Waals surface area contributed by atoms with Crippen LogP contribution in [0, 0.1) is 0 Å². The van der Waals surface area contributed by atoms with Crippen LogP contribution in [0.1, 0.15) is 17.3 Å². The van der Waals surface area contributed by atoms with Crippen LogP contribution in [0.4, 0.5) is 0 Å². The third kappa shape index (κ3) is 2.13. The first-order chi connectivity index (χ1) is 11.8. The number of benzene rings is 2. The molecule has 118 valence electrons. The zero-order valence-electron chi connectivity index (χ0n) is 13.1. The van der Waals surface area contributed by atoms with Gasteiger partial charge < -0.3 is 4.74 Å². The Morgan fingerprint density at radius 2 is 1.75 bits per heavy atom. The van der Waals surface area contributed by atoms with Crippen molar-refractivity contribution in [1.29, 1.82) is 0 Å². The molecule has 0 spiro atoms. The third-order valence-electron chi connectivity index (χ3n) is 3.94. The highest BCUT2D eigenvalue weighted by atomic mass is 16.5. The number of nitrogens with zero attached hydrogens (tertiary/aromatic N) is 3. The fraction of sp³-hybridized carbons (Fsp3) is 0.105. The average molecular weight is 317 g/mol. The van der Waals surface area contributed by atoms with Gasteiger partial charge in [-0.3, -0.25) is 4.57 Å². The van der Waals surface area contributed by atoms with Crippen molar-refractivity contribution in [2.75, 3.05) is 6.61 Å². The van der Waals surface area contributed by atoms with Gasteiger partial charge in [-0.05, 0) is 25.1 Å². The fourth-order valence-corrected chi connectivity index (χ4v) is 3.01. The van der Waals surface area contributed by atoms with Crippen LogP contribution in [-0.2, 0) is 4.74 Å². The lowest BCUT2D eigenvalue weighted by atomic mass is 10.1. The molecule has 5 heteroatoms. The number of ether oxygens (including phenoxy) is 1. The van der Waals surface area contributed by atoms with Gasteiger partial charge in [0.05, 0.1) is 23.2 Å². The maximum atomic E-state index is 12.4. The second-order valence-electron chi connectivity index (χ2n) is 5.32. The number of hydrogen-bond acceptors (Lipinski definition) is 4. The van der Waals surface area contributed by atoms with Gasteiger partial charge in [-0.1, -0.05) is 30.3 Å². The summed E-state index contributed by atoms with van der Waals surface area (Å²) in [6.07, 6.45) is 3.38. The molecule has 4 rings (SSSR count). The van der Waals surface area contributed by atoms with Crippen LogP contribution in [0.25, 0.3) is 27.8 Å². The third-order valence-corrected chi connectivity index (χ3v) is 3.94. The number of carbonyl (C=O) groups excluding carboxylic acids is 1. The Kier molecular flexibility index (Phi) is 3.46. The van der Waals surface area contributed by atoms with Gasteiger partial charge in [0.15, 0.2) is 0 Å². The highest BCUT2D eigenvalue weighted by Gasteiger charge is 2.20. The molecule has 0 aliphatic carbocycles. The van der Waals surface area contributed by atoms with Gasteiger partial charge in [-0.25, -0.2) is 14.8 Å². The van der Waals surface area contributed by atoms with E-state index < -0.39 is 0 Å². The maximum absolute atomic E-state index is 12.4. The summed E-state index contributed by atoms with van der Waals surface area (Å²) in [6.45, 7) is 2.13. The Hall–Kier alpha value is -3.21. The number of aromatic nitrogens is 3. The summed E-state index contributed by atoms with van der Waals surface area (Å²) in [4.78, 5) is 21.2. The fourth-order valence-electron chi connectivity index (χ4n) is 3.01.